The van der Waals surface area contributed by atoms with Crippen LogP contribution in [0.15, 0.2) is 6.33 Å². The molecule has 0 spiro atoms. The Kier molecular flexibility index (Phi) is 3.40. The maximum absolute atomic E-state index is 5.79. The largest absolute Gasteiger partial charge is 0.383 e. The Morgan fingerprint density at radius 3 is 2.78 bits per heavy atom. The van der Waals surface area contributed by atoms with Crippen molar-refractivity contribution in [2.75, 3.05) is 17.6 Å². The van der Waals surface area contributed by atoms with Crippen LogP contribution in [-0.2, 0) is 13.5 Å². The highest BCUT2D eigenvalue weighted by Gasteiger charge is 2.06. The van der Waals surface area contributed by atoms with Crippen LogP contribution in [0.5, 0.6) is 0 Å². The van der Waals surface area contributed by atoms with Crippen molar-refractivity contribution in [1.29, 1.82) is 0 Å². The Bertz CT molecular complexity index is 546. The number of aryl methyl sites for hydroxylation is 2. The van der Waals surface area contributed by atoms with Gasteiger partial charge in [-0.15, -0.1) is 10.2 Å². The molecule has 0 atom stereocenters. The molecule has 0 unspecified atom stereocenters. The molecular weight excluding hydrogens is 230 g/mol. The molecule has 0 saturated heterocycles. The van der Waals surface area contributed by atoms with Crippen molar-refractivity contribution in [3.05, 3.63) is 23.5 Å². The first kappa shape index (κ1) is 12.3. The van der Waals surface area contributed by atoms with Crippen molar-refractivity contribution < 1.29 is 0 Å². The maximum Gasteiger partial charge on any atom is 0.134 e. The fourth-order valence-corrected chi connectivity index (χ4v) is 1.65. The third-order valence-corrected chi connectivity index (χ3v) is 2.74. The Morgan fingerprint density at radius 1 is 1.33 bits per heavy atom. The summed E-state index contributed by atoms with van der Waals surface area (Å²) in [4.78, 5) is 8.44. The third kappa shape index (κ3) is 2.55. The summed E-state index contributed by atoms with van der Waals surface area (Å²) in [5.74, 6) is 2.89. The number of nitrogens with zero attached hydrogens (tertiary/aromatic N) is 5. The second-order valence-electron chi connectivity index (χ2n) is 4.16. The fraction of sp³-hybridized carbons (Fsp3) is 0.455. The van der Waals surface area contributed by atoms with Gasteiger partial charge in [0.2, 0.25) is 0 Å². The molecular formula is C11H17N7. The molecule has 2 rings (SSSR count). The summed E-state index contributed by atoms with van der Waals surface area (Å²) in [6.45, 7) is 4.45. The van der Waals surface area contributed by atoms with E-state index in [4.69, 9.17) is 5.73 Å². The van der Waals surface area contributed by atoms with Crippen molar-refractivity contribution in [3.63, 3.8) is 0 Å². The van der Waals surface area contributed by atoms with Crippen LogP contribution in [0.2, 0.25) is 0 Å². The van der Waals surface area contributed by atoms with Gasteiger partial charge in [-0.05, 0) is 13.8 Å². The molecule has 0 fully saturated rings. The van der Waals surface area contributed by atoms with Crippen LogP contribution in [0, 0.1) is 13.8 Å². The summed E-state index contributed by atoms with van der Waals surface area (Å²) in [5.41, 5.74) is 6.67. The van der Waals surface area contributed by atoms with Gasteiger partial charge in [0.15, 0.2) is 0 Å². The molecule has 3 N–H and O–H groups in total. The molecule has 7 nitrogen and oxygen atoms in total. The maximum atomic E-state index is 5.79. The van der Waals surface area contributed by atoms with E-state index in [0.29, 0.717) is 11.6 Å². The van der Waals surface area contributed by atoms with E-state index in [9.17, 15) is 0 Å². The van der Waals surface area contributed by atoms with Crippen LogP contribution in [0.25, 0.3) is 0 Å². The van der Waals surface area contributed by atoms with Crippen LogP contribution in [0.4, 0.5) is 11.6 Å². The molecule has 18 heavy (non-hydrogen) atoms. The highest BCUT2D eigenvalue weighted by molar-refractivity contribution is 5.54. The van der Waals surface area contributed by atoms with Crippen molar-refractivity contribution in [1.82, 2.24) is 24.7 Å². The van der Waals surface area contributed by atoms with Gasteiger partial charge >= 0.3 is 0 Å². The Labute approximate surface area is 105 Å². The smallest absolute Gasteiger partial charge is 0.134 e. The van der Waals surface area contributed by atoms with Gasteiger partial charge in [0.25, 0.3) is 0 Å². The van der Waals surface area contributed by atoms with Crippen LogP contribution in [-0.4, -0.2) is 31.3 Å². The predicted octanol–water partition coefficient (Wildman–Crippen LogP) is 0.459. The molecule has 2 aromatic heterocycles. The Balaban J connectivity index is 2.01. The normalized spacial score (nSPS) is 10.6. The van der Waals surface area contributed by atoms with E-state index in [1.807, 2.05) is 25.5 Å². The van der Waals surface area contributed by atoms with Crippen LogP contribution < -0.4 is 11.1 Å². The Hall–Kier alpha value is -2.18. The summed E-state index contributed by atoms with van der Waals surface area (Å²) in [6.07, 6.45) is 2.46. The summed E-state index contributed by atoms with van der Waals surface area (Å²) in [7, 11) is 1.92. The molecule has 7 heteroatoms. The van der Waals surface area contributed by atoms with E-state index in [0.717, 1.165) is 30.2 Å². The van der Waals surface area contributed by atoms with E-state index in [2.05, 4.69) is 25.5 Å². The lowest BCUT2D eigenvalue weighted by Crippen LogP contribution is -2.12. The zero-order valence-corrected chi connectivity index (χ0v) is 10.8. The van der Waals surface area contributed by atoms with Crippen LogP contribution >= 0.6 is 0 Å². The van der Waals surface area contributed by atoms with Crippen molar-refractivity contribution in [2.24, 2.45) is 7.05 Å². The molecule has 0 aliphatic heterocycles. The number of rotatable bonds is 4. The Morgan fingerprint density at radius 2 is 2.11 bits per heavy atom. The van der Waals surface area contributed by atoms with Crippen LogP contribution in [0.1, 0.15) is 17.2 Å². The zero-order valence-electron chi connectivity index (χ0n) is 10.8. The summed E-state index contributed by atoms with van der Waals surface area (Å²) < 4.78 is 1.90. The molecule has 0 saturated carbocycles. The molecule has 0 aliphatic rings. The lowest BCUT2D eigenvalue weighted by atomic mass is 10.3. The average Bonchev–Trinajstić information content (AvgIpc) is 2.71. The molecule has 2 heterocycles. The van der Waals surface area contributed by atoms with Crippen molar-refractivity contribution >= 4 is 11.6 Å². The number of hydrogen-bond donors (Lipinski definition) is 2. The van der Waals surface area contributed by atoms with Gasteiger partial charge in [-0.25, -0.2) is 9.97 Å². The summed E-state index contributed by atoms with van der Waals surface area (Å²) >= 11 is 0. The molecule has 96 valence electrons. The van der Waals surface area contributed by atoms with E-state index in [-0.39, 0.29) is 0 Å². The highest BCUT2D eigenvalue weighted by Crippen LogP contribution is 2.16. The number of aromatic nitrogens is 5. The molecule has 0 aromatic carbocycles. The number of nitrogen functional groups attached to an aromatic ring is 1. The van der Waals surface area contributed by atoms with E-state index in [1.54, 1.807) is 6.33 Å². The van der Waals surface area contributed by atoms with Gasteiger partial charge in [0, 0.05) is 25.6 Å². The van der Waals surface area contributed by atoms with Gasteiger partial charge in [-0.2, -0.15) is 0 Å². The fourth-order valence-electron chi connectivity index (χ4n) is 1.65. The van der Waals surface area contributed by atoms with E-state index in [1.165, 1.54) is 0 Å². The highest BCUT2D eigenvalue weighted by atomic mass is 15.2. The first-order chi connectivity index (χ1) is 8.58. The summed E-state index contributed by atoms with van der Waals surface area (Å²) in [5, 5.41) is 11.1. The number of anilines is 2. The molecule has 2 aromatic rings. The molecule has 0 radical (unpaired) electrons. The monoisotopic (exact) mass is 247 g/mol. The van der Waals surface area contributed by atoms with Gasteiger partial charge in [-0.3, -0.25) is 0 Å². The first-order valence-electron chi connectivity index (χ1n) is 5.75. The standard InChI is InChI=1S/C11H17N7/c1-7-10(12)15-8(2)16-11(7)13-5-4-9-17-14-6-18(9)3/h6H,4-5H2,1-3H3,(H3,12,13,15,16). The lowest BCUT2D eigenvalue weighted by molar-refractivity contribution is 0.786. The minimum Gasteiger partial charge on any atom is -0.383 e. The topological polar surface area (TPSA) is 94.5 Å². The quantitative estimate of drug-likeness (QED) is 0.815. The predicted molar refractivity (Wildman–Crippen MR) is 69.1 cm³/mol. The van der Waals surface area contributed by atoms with E-state index < -0.39 is 0 Å². The third-order valence-electron chi connectivity index (χ3n) is 2.74. The zero-order chi connectivity index (χ0) is 13.1. The van der Waals surface area contributed by atoms with Crippen molar-refractivity contribution in [2.45, 2.75) is 20.3 Å². The minimum atomic E-state index is 0.517. The minimum absolute atomic E-state index is 0.517. The van der Waals surface area contributed by atoms with E-state index >= 15 is 0 Å². The van der Waals surface area contributed by atoms with Gasteiger partial charge in [0.1, 0.15) is 29.6 Å². The van der Waals surface area contributed by atoms with Crippen LogP contribution in [0.3, 0.4) is 0 Å². The first-order valence-corrected chi connectivity index (χ1v) is 5.75. The SMILES string of the molecule is Cc1nc(N)c(C)c(NCCc2nncn2C)n1. The molecule has 0 bridgehead atoms. The van der Waals surface area contributed by atoms with Crippen molar-refractivity contribution in [3.8, 4) is 0 Å². The number of nitrogens with one attached hydrogen (secondary N) is 1. The molecule has 0 aliphatic carbocycles. The second kappa shape index (κ2) is 4.99. The average molecular weight is 247 g/mol. The molecule has 0 amide bonds. The lowest BCUT2D eigenvalue weighted by Gasteiger charge is -2.10. The van der Waals surface area contributed by atoms with Gasteiger partial charge in [0.05, 0.1) is 0 Å². The van der Waals surface area contributed by atoms with Gasteiger partial charge in [-0.1, -0.05) is 0 Å². The number of nitrogens with two attached hydrogens (primary N) is 1. The summed E-state index contributed by atoms with van der Waals surface area (Å²) in [6, 6.07) is 0. The van der Waals surface area contributed by atoms with Gasteiger partial charge < -0.3 is 15.6 Å². The second-order valence-corrected chi connectivity index (χ2v) is 4.16. The number of hydrogen-bond acceptors (Lipinski definition) is 6.